The van der Waals surface area contributed by atoms with Crippen LogP contribution in [-0.4, -0.2) is 17.0 Å². The van der Waals surface area contributed by atoms with Crippen molar-refractivity contribution in [1.29, 1.82) is 0 Å². The summed E-state index contributed by atoms with van der Waals surface area (Å²) >= 11 is 0. The van der Waals surface area contributed by atoms with Gasteiger partial charge in [0.05, 0.1) is 6.20 Å². The van der Waals surface area contributed by atoms with E-state index in [1.54, 1.807) is 6.20 Å². The van der Waals surface area contributed by atoms with Gasteiger partial charge in [-0.15, -0.1) is 0 Å². The number of nitrogens with zero attached hydrogens (tertiary/aromatic N) is 3. The Hall–Kier alpha value is -1.58. The van der Waals surface area contributed by atoms with Crippen molar-refractivity contribution < 1.29 is 0 Å². The lowest BCUT2D eigenvalue weighted by Gasteiger charge is -2.08. The summed E-state index contributed by atoms with van der Waals surface area (Å²) in [6.07, 6.45) is 3.26. The second-order valence-corrected chi connectivity index (χ2v) is 2.39. The molecule has 4 heteroatoms. The maximum Gasteiger partial charge on any atom is 0.161 e. The summed E-state index contributed by atoms with van der Waals surface area (Å²) in [5.41, 5.74) is 0.917. The van der Waals surface area contributed by atoms with Crippen LogP contribution in [0.2, 0.25) is 0 Å². The lowest BCUT2D eigenvalue weighted by molar-refractivity contribution is 1.09. The van der Waals surface area contributed by atoms with Crippen LogP contribution >= 0.6 is 0 Å². The third kappa shape index (κ3) is 1.61. The Bertz CT molecular complexity index is 308. The maximum absolute atomic E-state index is 4.08. The van der Waals surface area contributed by atoms with Gasteiger partial charge in [0.15, 0.2) is 5.82 Å². The van der Waals surface area contributed by atoms with Gasteiger partial charge in [0.2, 0.25) is 0 Å². The first kappa shape index (κ1) is 9.51. The molecule has 0 radical (unpaired) electrons. The van der Waals surface area contributed by atoms with E-state index in [1.807, 2.05) is 25.8 Å². The predicted octanol–water partition coefficient (Wildman–Crippen LogP) is 1.84. The molecule has 0 bridgehead atoms. The van der Waals surface area contributed by atoms with E-state index < -0.39 is 0 Å². The van der Waals surface area contributed by atoms with Gasteiger partial charge in [-0.05, 0) is 0 Å². The van der Waals surface area contributed by atoms with Gasteiger partial charge in [-0.2, -0.15) is 0 Å². The van der Waals surface area contributed by atoms with Gasteiger partial charge < -0.3 is 10.2 Å². The number of anilines is 2. The first-order valence-electron chi connectivity index (χ1n) is 4.28. The summed E-state index contributed by atoms with van der Waals surface area (Å²) in [4.78, 5) is 9.85. The molecule has 13 heavy (non-hydrogen) atoms. The van der Waals surface area contributed by atoms with Crippen molar-refractivity contribution in [3.8, 4) is 0 Å². The molecule has 0 amide bonds. The van der Waals surface area contributed by atoms with Crippen molar-refractivity contribution in [2.45, 2.75) is 13.8 Å². The van der Waals surface area contributed by atoms with E-state index in [2.05, 4.69) is 21.9 Å². The first-order valence-corrected chi connectivity index (χ1v) is 4.28. The largest absolute Gasteiger partial charge is 0.338 e. The Labute approximate surface area is 78.3 Å². The van der Waals surface area contributed by atoms with Crippen LogP contribution in [0.4, 0.5) is 11.5 Å². The topological polar surface area (TPSA) is 41.1 Å². The van der Waals surface area contributed by atoms with Crippen LogP contribution in [0.15, 0.2) is 24.9 Å². The number of hydrogen-bond donors (Lipinski definition) is 1. The monoisotopic (exact) mass is 178 g/mol. The Morgan fingerprint density at radius 2 is 2.15 bits per heavy atom. The minimum Gasteiger partial charge on any atom is -0.338 e. The summed E-state index contributed by atoms with van der Waals surface area (Å²) in [5, 5.41) is 3.05. The molecule has 2 heterocycles. The molecule has 0 saturated carbocycles. The van der Waals surface area contributed by atoms with Gasteiger partial charge in [0, 0.05) is 7.05 Å². The fourth-order valence-electron chi connectivity index (χ4n) is 1.05. The van der Waals surface area contributed by atoms with Gasteiger partial charge in [0.1, 0.15) is 17.8 Å². The summed E-state index contributed by atoms with van der Waals surface area (Å²) in [6, 6.07) is 0. The molecular weight excluding hydrogens is 164 g/mol. The average Bonchev–Trinajstić information content (AvgIpc) is 2.47. The predicted molar refractivity (Wildman–Crippen MR) is 54.5 cm³/mol. The van der Waals surface area contributed by atoms with Crippen LogP contribution in [0.5, 0.6) is 0 Å². The van der Waals surface area contributed by atoms with Crippen molar-refractivity contribution >= 4 is 11.5 Å². The van der Waals surface area contributed by atoms with Crippen molar-refractivity contribution in [3.05, 3.63) is 24.9 Å². The molecule has 0 fully saturated rings. The highest BCUT2D eigenvalue weighted by molar-refractivity contribution is 5.75. The lowest BCUT2D eigenvalue weighted by Crippen LogP contribution is -2.13. The highest BCUT2D eigenvalue weighted by Crippen LogP contribution is 2.30. The fraction of sp³-hybridized carbons (Fsp3) is 0.333. The van der Waals surface area contributed by atoms with Crippen LogP contribution < -0.4 is 10.2 Å². The Balaban J connectivity index is 0.000000396. The molecule has 70 valence electrons. The van der Waals surface area contributed by atoms with E-state index in [0.29, 0.717) is 0 Å². The molecule has 0 spiro atoms. The minimum absolute atomic E-state index is 0.834. The van der Waals surface area contributed by atoms with Crippen LogP contribution in [0.1, 0.15) is 13.8 Å². The van der Waals surface area contributed by atoms with Gasteiger partial charge >= 0.3 is 0 Å². The number of rotatable bonds is 0. The average molecular weight is 178 g/mol. The molecule has 1 aromatic heterocycles. The summed E-state index contributed by atoms with van der Waals surface area (Å²) < 4.78 is 0. The number of hydrogen-bond acceptors (Lipinski definition) is 4. The van der Waals surface area contributed by atoms with E-state index in [0.717, 1.165) is 17.3 Å². The molecule has 0 unspecified atom stereocenters. The normalized spacial score (nSPS) is 12.8. The zero-order valence-electron chi connectivity index (χ0n) is 8.20. The second-order valence-electron chi connectivity index (χ2n) is 2.39. The Kier molecular flexibility index (Phi) is 2.84. The maximum atomic E-state index is 4.08. The molecule has 1 aliphatic heterocycles. The quantitative estimate of drug-likeness (QED) is 0.658. The van der Waals surface area contributed by atoms with Crippen molar-refractivity contribution in [1.82, 2.24) is 9.97 Å². The molecule has 1 aromatic rings. The third-order valence-electron chi connectivity index (χ3n) is 1.69. The molecular formula is C9H14N4. The zero-order valence-corrected chi connectivity index (χ0v) is 8.20. The van der Waals surface area contributed by atoms with Crippen molar-refractivity contribution in [3.63, 3.8) is 0 Å². The van der Waals surface area contributed by atoms with E-state index >= 15 is 0 Å². The molecule has 0 atom stereocenters. The third-order valence-corrected chi connectivity index (χ3v) is 1.69. The van der Waals surface area contributed by atoms with E-state index in [-0.39, 0.29) is 0 Å². The van der Waals surface area contributed by atoms with Crippen molar-refractivity contribution in [2.75, 3.05) is 17.3 Å². The number of fused-ring (bicyclic) bond motifs is 1. The molecule has 4 nitrogen and oxygen atoms in total. The summed E-state index contributed by atoms with van der Waals surface area (Å²) in [6.45, 7) is 7.80. The first-order chi connectivity index (χ1) is 6.29. The minimum atomic E-state index is 0.834. The molecule has 2 rings (SSSR count). The standard InChI is InChI=1S/C7H8N4.C2H6/c1-5-10-6-3-8-4-9-7(6)11(5)2;1-2/h3-4,10H,1H2,2H3;1-2H3. The highest BCUT2D eigenvalue weighted by atomic mass is 15.3. The van der Waals surface area contributed by atoms with E-state index in [4.69, 9.17) is 0 Å². The molecule has 1 N–H and O–H groups in total. The summed E-state index contributed by atoms with van der Waals surface area (Å²) in [7, 11) is 1.91. The Morgan fingerprint density at radius 1 is 1.46 bits per heavy atom. The molecule has 0 aliphatic carbocycles. The fourth-order valence-corrected chi connectivity index (χ4v) is 1.05. The van der Waals surface area contributed by atoms with E-state index in [9.17, 15) is 0 Å². The van der Waals surface area contributed by atoms with Gasteiger partial charge in [-0.25, -0.2) is 9.97 Å². The van der Waals surface area contributed by atoms with Crippen molar-refractivity contribution in [2.24, 2.45) is 0 Å². The van der Waals surface area contributed by atoms with Crippen LogP contribution in [0, 0.1) is 0 Å². The molecule has 0 aromatic carbocycles. The van der Waals surface area contributed by atoms with Crippen LogP contribution in [-0.2, 0) is 0 Å². The zero-order chi connectivity index (χ0) is 9.84. The molecule has 0 saturated heterocycles. The Morgan fingerprint density at radius 3 is 2.77 bits per heavy atom. The number of nitrogens with one attached hydrogen (secondary N) is 1. The van der Waals surface area contributed by atoms with E-state index in [1.165, 1.54) is 6.33 Å². The van der Waals surface area contributed by atoms with Crippen LogP contribution in [0.3, 0.4) is 0 Å². The van der Waals surface area contributed by atoms with Gasteiger partial charge in [-0.3, -0.25) is 0 Å². The van der Waals surface area contributed by atoms with Gasteiger partial charge in [0.25, 0.3) is 0 Å². The second kappa shape index (κ2) is 3.89. The number of aromatic nitrogens is 2. The van der Waals surface area contributed by atoms with Crippen LogP contribution in [0.25, 0.3) is 0 Å². The lowest BCUT2D eigenvalue weighted by atomic mass is 10.5. The molecule has 1 aliphatic rings. The highest BCUT2D eigenvalue weighted by Gasteiger charge is 2.19. The smallest absolute Gasteiger partial charge is 0.161 e. The SMILES string of the molecule is C=C1Nc2cncnc2N1C.CC. The van der Waals surface area contributed by atoms with Gasteiger partial charge in [-0.1, -0.05) is 20.4 Å². The summed E-state index contributed by atoms with van der Waals surface area (Å²) in [5.74, 6) is 1.71.